The average molecular weight is 281 g/mol. The fourth-order valence-electron chi connectivity index (χ4n) is 2.53. The van der Waals surface area contributed by atoms with Crippen LogP contribution in [0.15, 0.2) is 0 Å². The third-order valence-corrected chi connectivity index (χ3v) is 4.36. The highest BCUT2D eigenvalue weighted by Crippen LogP contribution is 2.34. The van der Waals surface area contributed by atoms with E-state index >= 15 is 0 Å². The Bertz CT molecular complexity index is 360. The number of carbonyl (C=O) groups excluding carboxylic acids is 2. The second kappa shape index (κ2) is 6.28. The molecule has 20 heavy (non-hydrogen) atoms. The normalized spacial score (nSPS) is 20.6. The Hall–Kier alpha value is -0.860. The number of likely N-dealkylation sites (tertiary alicyclic amines) is 1. The number of nitrogens with zero attached hydrogens (tertiary/aromatic N) is 1. The zero-order valence-electron chi connectivity index (χ0n) is 14.1. The molecular weight excluding hydrogens is 250 g/mol. The van der Waals surface area contributed by atoms with Crippen molar-refractivity contribution in [3.05, 3.63) is 0 Å². The van der Waals surface area contributed by atoms with Gasteiger partial charge in [-0.25, -0.2) is 0 Å². The van der Waals surface area contributed by atoms with Gasteiger partial charge in [-0.05, 0) is 24.2 Å². The van der Waals surface area contributed by atoms with Crippen molar-refractivity contribution < 1.29 is 9.59 Å². The summed E-state index contributed by atoms with van der Waals surface area (Å²) >= 11 is 0. The first-order valence-electron chi connectivity index (χ1n) is 7.83. The Kier molecular flexibility index (Phi) is 5.39. The lowest BCUT2D eigenvalue weighted by Gasteiger charge is -2.26. The van der Waals surface area contributed by atoms with Gasteiger partial charge in [-0.15, -0.1) is 0 Å². The number of hydrogen-bond donors (Lipinski definition) is 0. The van der Waals surface area contributed by atoms with Gasteiger partial charge < -0.3 is 4.90 Å². The van der Waals surface area contributed by atoms with Crippen LogP contribution in [-0.4, -0.2) is 29.7 Å². The van der Waals surface area contributed by atoms with Gasteiger partial charge in [-0.2, -0.15) is 0 Å². The summed E-state index contributed by atoms with van der Waals surface area (Å²) in [7, 11) is 0. The maximum atomic E-state index is 12.0. The maximum absolute atomic E-state index is 12.0. The molecule has 1 aliphatic rings. The minimum Gasteiger partial charge on any atom is -0.342 e. The van der Waals surface area contributed by atoms with E-state index in [2.05, 4.69) is 20.8 Å². The average Bonchev–Trinajstić information content (AvgIpc) is 2.64. The predicted octanol–water partition coefficient (Wildman–Crippen LogP) is 3.67. The highest BCUT2D eigenvalue weighted by Gasteiger charge is 2.36. The van der Waals surface area contributed by atoms with Gasteiger partial charge in [0.25, 0.3) is 0 Å². The molecule has 0 spiro atoms. The molecule has 1 aliphatic heterocycles. The zero-order chi connectivity index (χ0) is 15.6. The van der Waals surface area contributed by atoms with E-state index in [9.17, 15) is 9.59 Å². The molecular formula is C17H31NO2. The Morgan fingerprint density at radius 2 is 1.75 bits per heavy atom. The summed E-state index contributed by atoms with van der Waals surface area (Å²) in [5.74, 6) is 1.07. The first kappa shape index (κ1) is 17.2. The molecule has 3 nitrogen and oxygen atoms in total. The minimum absolute atomic E-state index is 0.201. The summed E-state index contributed by atoms with van der Waals surface area (Å²) in [6.45, 7) is 14.2. The summed E-state index contributed by atoms with van der Waals surface area (Å²) in [6, 6.07) is 0. The van der Waals surface area contributed by atoms with Crippen LogP contribution in [0.3, 0.4) is 0 Å². The van der Waals surface area contributed by atoms with E-state index in [1.807, 2.05) is 25.7 Å². The number of hydrogen-bond acceptors (Lipinski definition) is 2. The second-order valence-electron chi connectivity index (χ2n) is 8.24. The number of rotatable bonds is 5. The molecule has 3 heteroatoms. The number of unbranched alkanes of at least 4 members (excludes halogenated alkanes) is 1. The molecule has 0 N–H and O–H groups in total. The quantitative estimate of drug-likeness (QED) is 0.721. The molecule has 1 amide bonds. The molecule has 1 atom stereocenters. The van der Waals surface area contributed by atoms with Crippen molar-refractivity contribution in [3.63, 3.8) is 0 Å². The molecule has 0 aromatic rings. The first-order valence-corrected chi connectivity index (χ1v) is 7.83. The SMILES string of the molecule is CC(C)(C)C(=O)CCCCN1CC(C(C)(C)C)CC1=O. The molecule has 0 aliphatic carbocycles. The van der Waals surface area contributed by atoms with Crippen LogP contribution in [0.2, 0.25) is 0 Å². The summed E-state index contributed by atoms with van der Waals surface area (Å²) in [6.07, 6.45) is 3.14. The minimum atomic E-state index is -0.235. The third kappa shape index (κ3) is 4.92. The number of ketones is 1. The van der Waals surface area contributed by atoms with Crippen LogP contribution in [0.5, 0.6) is 0 Å². The van der Waals surface area contributed by atoms with Crippen molar-refractivity contribution in [1.29, 1.82) is 0 Å². The lowest BCUT2D eigenvalue weighted by molar-refractivity contribution is -0.127. The molecule has 0 saturated carbocycles. The lowest BCUT2D eigenvalue weighted by atomic mass is 9.80. The first-order chi connectivity index (χ1) is 9.01. The Labute approximate surface area is 124 Å². The number of Topliss-reactive ketones (excluding diaryl/α,β-unsaturated/α-hetero) is 1. The number of amides is 1. The van der Waals surface area contributed by atoms with E-state index in [4.69, 9.17) is 0 Å². The van der Waals surface area contributed by atoms with E-state index in [1.54, 1.807) is 0 Å². The Morgan fingerprint density at radius 1 is 1.15 bits per heavy atom. The van der Waals surface area contributed by atoms with E-state index in [0.29, 0.717) is 24.5 Å². The molecule has 1 fully saturated rings. The third-order valence-electron chi connectivity index (χ3n) is 4.36. The topological polar surface area (TPSA) is 37.4 Å². The zero-order valence-corrected chi connectivity index (χ0v) is 14.1. The Morgan fingerprint density at radius 3 is 2.20 bits per heavy atom. The highest BCUT2D eigenvalue weighted by atomic mass is 16.2. The van der Waals surface area contributed by atoms with Gasteiger partial charge in [0.2, 0.25) is 5.91 Å². The molecule has 116 valence electrons. The predicted molar refractivity (Wildman–Crippen MR) is 82.5 cm³/mol. The van der Waals surface area contributed by atoms with Gasteiger partial charge in [0, 0.05) is 31.3 Å². The van der Waals surface area contributed by atoms with Gasteiger partial charge in [-0.3, -0.25) is 9.59 Å². The van der Waals surface area contributed by atoms with E-state index in [1.165, 1.54) is 0 Å². The highest BCUT2D eigenvalue weighted by molar-refractivity contribution is 5.83. The molecule has 0 bridgehead atoms. The smallest absolute Gasteiger partial charge is 0.222 e. The van der Waals surface area contributed by atoms with E-state index in [-0.39, 0.29) is 16.7 Å². The molecule has 0 aromatic carbocycles. The summed E-state index contributed by atoms with van der Waals surface area (Å²) < 4.78 is 0. The van der Waals surface area contributed by atoms with Crippen molar-refractivity contribution in [1.82, 2.24) is 4.90 Å². The van der Waals surface area contributed by atoms with Gasteiger partial charge >= 0.3 is 0 Å². The van der Waals surface area contributed by atoms with Crippen molar-refractivity contribution in [2.24, 2.45) is 16.7 Å². The van der Waals surface area contributed by atoms with Crippen LogP contribution in [0, 0.1) is 16.7 Å². The van der Waals surface area contributed by atoms with Crippen LogP contribution in [-0.2, 0) is 9.59 Å². The van der Waals surface area contributed by atoms with Crippen molar-refractivity contribution >= 4 is 11.7 Å². The molecule has 1 saturated heterocycles. The molecule has 1 rings (SSSR count). The molecule has 1 heterocycles. The largest absolute Gasteiger partial charge is 0.342 e. The fraction of sp³-hybridized carbons (Fsp3) is 0.882. The molecule has 1 unspecified atom stereocenters. The monoisotopic (exact) mass is 281 g/mol. The van der Waals surface area contributed by atoms with Crippen LogP contribution in [0.1, 0.15) is 67.2 Å². The van der Waals surface area contributed by atoms with Crippen LogP contribution < -0.4 is 0 Å². The standard InChI is InChI=1S/C17H31NO2/c1-16(2,3)13-11-15(20)18(12-13)10-8-7-9-14(19)17(4,5)6/h13H,7-12H2,1-6H3. The van der Waals surface area contributed by atoms with Crippen molar-refractivity contribution in [3.8, 4) is 0 Å². The molecule has 0 aromatic heterocycles. The number of carbonyl (C=O) groups is 2. The summed E-state index contributed by atoms with van der Waals surface area (Å²) in [4.78, 5) is 25.8. The van der Waals surface area contributed by atoms with Gasteiger partial charge in [0.05, 0.1) is 0 Å². The van der Waals surface area contributed by atoms with E-state index in [0.717, 1.165) is 25.9 Å². The van der Waals surface area contributed by atoms with Crippen LogP contribution in [0.4, 0.5) is 0 Å². The van der Waals surface area contributed by atoms with Gasteiger partial charge in [0.1, 0.15) is 5.78 Å². The van der Waals surface area contributed by atoms with Crippen LogP contribution in [0.25, 0.3) is 0 Å². The van der Waals surface area contributed by atoms with Crippen molar-refractivity contribution in [2.45, 2.75) is 67.2 Å². The Balaban J connectivity index is 2.30. The second-order valence-corrected chi connectivity index (χ2v) is 8.24. The summed E-state index contributed by atoms with van der Waals surface area (Å²) in [5, 5.41) is 0. The molecule has 0 radical (unpaired) electrons. The van der Waals surface area contributed by atoms with E-state index < -0.39 is 0 Å². The lowest BCUT2D eigenvalue weighted by Crippen LogP contribution is -2.28. The van der Waals surface area contributed by atoms with Gasteiger partial charge in [-0.1, -0.05) is 41.5 Å². The fourth-order valence-corrected chi connectivity index (χ4v) is 2.53. The van der Waals surface area contributed by atoms with Crippen LogP contribution >= 0.6 is 0 Å². The summed E-state index contributed by atoms with van der Waals surface area (Å²) in [5.41, 5.74) is -0.0343. The maximum Gasteiger partial charge on any atom is 0.222 e. The van der Waals surface area contributed by atoms with Crippen molar-refractivity contribution in [2.75, 3.05) is 13.1 Å². The van der Waals surface area contributed by atoms with Gasteiger partial charge in [0.15, 0.2) is 0 Å².